The van der Waals surface area contributed by atoms with Crippen LogP contribution in [-0.4, -0.2) is 86.0 Å². The Hall–Kier alpha value is -1.93. The summed E-state index contributed by atoms with van der Waals surface area (Å²) in [6.07, 6.45) is 0.442. The molecule has 0 atom stereocenters. The number of sulfonamides is 1. The van der Waals surface area contributed by atoms with Crippen molar-refractivity contribution in [1.82, 2.24) is 14.5 Å². The van der Waals surface area contributed by atoms with Crippen LogP contribution in [0.4, 0.5) is 13.2 Å². The zero-order valence-corrected chi connectivity index (χ0v) is 21.8. The number of carbonyl (C=O) groups is 1. The molecule has 1 heterocycles. The topological polar surface area (TPSA) is 120 Å². The monoisotopic (exact) mass is 570 g/mol. The van der Waals surface area contributed by atoms with Crippen molar-refractivity contribution in [3.63, 3.8) is 0 Å². The molecule has 0 spiro atoms. The third-order valence-electron chi connectivity index (χ3n) is 6.63. The standard InChI is InChI=1S/C21H27Cl2F3N6O3S/c1-28-12-18(30-27)36(34,35)32-8-6-31(7-9-32)20(2-4-21(25,26)5-3-20)13-29-19(33)14-10-17(24)16(23)11-15(14)22/h10-12H,2-9,13,27H2,1H3,(H,29,33)/b28-12?,30-18-. The van der Waals surface area contributed by atoms with Gasteiger partial charge in [-0.2, -0.15) is 9.41 Å². The van der Waals surface area contributed by atoms with Crippen LogP contribution in [-0.2, 0) is 10.0 Å². The summed E-state index contributed by atoms with van der Waals surface area (Å²) in [5.74, 6) is 0.903. The molecule has 3 N–H and O–H groups in total. The molecule has 1 saturated heterocycles. The summed E-state index contributed by atoms with van der Waals surface area (Å²) >= 11 is 11.7. The van der Waals surface area contributed by atoms with Crippen LogP contribution in [0.2, 0.25) is 10.0 Å². The van der Waals surface area contributed by atoms with Gasteiger partial charge in [-0.25, -0.2) is 21.6 Å². The number of nitrogens with zero attached hydrogens (tertiary/aromatic N) is 4. The maximum atomic E-state index is 14.0. The van der Waals surface area contributed by atoms with Crippen LogP contribution in [0.25, 0.3) is 0 Å². The van der Waals surface area contributed by atoms with E-state index in [-0.39, 0.29) is 79.1 Å². The first-order chi connectivity index (χ1) is 16.8. The number of hydrazone groups is 1. The molecule has 15 heteroatoms. The highest BCUT2D eigenvalue weighted by molar-refractivity contribution is 8.06. The molecule has 2 fully saturated rings. The van der Waals surface area contributed by atoms with Crippen molar-refractivity contribution < 1.29 is 26.4 Å². The fraction of sp³-hybridized carbons (Fsp3) is 0.571. The number of halogens is 5. The summed E-state index contributed by atoms with van der Waals surface area (Å²) in [6.45, 7) is 0.599. The fourth-order valence-corrected chi connectivity index (χ4v) is 6.28. The molecule has 9 nitrogen and oxygen atoms in total. The number of benzene rings is 1. The number of aliphatic imine (C=N–C) groups is 1. The average Bonchev–Trinajstić information content (AvgIpc) is 2.84. The molecule has 36 heavy (non-hydrogen) atoms. The van der Waals surface area contributed by atoms with E-state index in [0.29, 0.717) is 0 Å². The van der Waals surface area contributed by atoms with Gasteiger partial charge >= 0.3 is 0 Å². The summed E-state index contributed by atoms with van der Waals surface area (Å²) in [4.78, 5) is 18.4. The van der Waals surface area contributed by atoms with E-state index in [2.05, 4.69) is 15.4 Å². The lowest BCUT2D eigenvalue weighted by Gasteiger charge is -2.50. The molecule has 1 aromatic carbocycles. The number of rotatable bonds is 6. The summed E-state index contributed by atoms with van der Waals surface area (Å²) in [5.41, 5.74) is -0.975. The van der Waals surface area contributed by atoms with Crippen LogP contribution in [0.3, 0.4) is 0 Å². The number of alkyl halides is 2. The minimum Gasteiger partial charge on any atom is -0.350 e. The molecular formula is C21H27Cl2F3N6O3S. The van der Waals surface area contributed by atoms with Crippen molar-refractivity contribution in [3.05, 3.63) is 33.6 Å². The van der Waals surface area contributed by atoms with E-state index in [1.165, 1.54) is 11.4 Å². The van der Waals surface area contributed by atoms with Gasteiger partial charge in [0.1, 0.15) is 5.82 Å². The smallest absolute Gasteiger partial charge is 0.263 e. The molecule has 1 amide bonds. The number of carbonyl (C=O) groups excluding carboxylic acids is 1. The highest BCUT2D eigenvalue weighted by Crippen LogP contribution is 2.42. The Balaban J connectivity index is 1.77. The molecule has 0 unspecified atom stereocenters. The molecule has 0 aromatic heterocycles. The molecular weight excluding hydrogens is 544 g/mol. The van der Waals surface area contributed by atoms with Crippen LogP contribution in [0.1, 0.15) is 36.0 Å². The zero-order valence-electron chi connectivity index (χ0n) is 19.5. The van der Waals surface area contributed by atoms with Crippen LogP contribution in [0.15, 0.2) is 22.2 Å². The van der Waals surface area contributed by atoms with Crippen LogP contribution < -0.4 is 11.2 Å². The Morgan fingerprint density at radius 3 is 2.31 bits per heavy atom. The predicted octanol–water partition coefficient (Wildman–Crippen LogP) is 2.73. The first kappa shape index (κ1) is 28.6. The quantitative estimate of drug-likeness (QED) is 0.179. The van der Waals surface area contributed by atoms with Crippen molar-refractivity contribution >= 4 is 50.4 Å². The van der Waals surface area contributed by atoms with Gasteiger partial charge < -0.3 is 11.2 Å². The largest absolute Gasteiger partial charge is 0.350 e. The number of hydrogen-bond donors (Lipinski definition) is 2. The van der Waals surface area contributed by atoms with Crippen molar-refractivity contribution in [3.8, 4) is 0 Å². The number of piperazine rings is 1. The number of hydrogen-bond acceptors (Lipinski definition) is 7. The van der Waals surface area contributed by atoms with Crippen molar-refractivity contribution in [2.45, 2.75) is 37.1 Å². The maximum Gasteiger partial charge on any atom is 0.263 e. The number of nitrogens with one attached hydrogen (secondary N) is 1. The van der Waals surface area contributed by atoms with Crippen LogP contribution in [0.5, 0.6) is 0 Å². The second kappa shape index (κ2) is 11.2. The lowest BCUT2D eigenvalue weighted by molar-refractivity contribution is -0.0855. The zero-order chi connectivity index (χ0) is 26.7. The molecule has 2 aliphatic rings. The number of nitrogens with two attached hydrogens (primary N) is 1. The normalized spacial score (nSPS) is 21.6. The van der Waals surface area contributed by atoms with Crippen molar-refractivity contribution in [2.75, 3.05) is 39.8 Å². The third-order valence-corrected chi connectivity index (χ3v) is 9.01. The molecule has 1 aliphatic heterocycles. The van der Waals surface area contributed by atoms with E-state index in [9.17, 15) is 26.4 Å². The Morgan fingerprint density at radius 2 is 1.75 bits per heavy atom. The van der Waals surface area contributed by atoms with Gasteiger partial charge in [-0.15, -0.1) is 0 Å². The summed E-state index contributed by atoms with van der Waals surface area (Å²) in [6, 6.07) is 2.04. The average molecular weight is 571 g/mol. The predicted molar refractivity (Wildman–Crippen MR) is 133 cm³/mol. The van der Waals surface area contributed by atoms with E-state index in [0.717, 1.165) is 18.3 Å². The Morgan fingerprint density at radius 1 is 1.14 bits per heavy atom. The fourth-order valence-electron chi connectivity index (χ4n) is 4.53. The highest BCUT2D eigenvalue weighted by atomic mass is 35.5. The van der Waals surface area contributed by atoms with Crippen LogP contribution in [0, 0.1) is 5.82 Å². The SMILES string of the molecule is CN=C/C(=N/N)S(=O)(=O)N1CCN(C2(CNC(=O)c3cc(F)c(Cl)cc3Cl)CCC(F)(F)CC2)CC1. The lowest BCUT2D eigenvalue weighted by atomic mass is 9.78. The first-order valence-electron chi connectivity index (χ1n) is 11.1. The van der Waals surface area contributed by atoms with E-state index in [1.54, 1.807) is 0 Å². The van der Waals surface area contributed by atoms with Crippen LogP contribution >= 0.6 is 23.2 Å². The first-order valence-corrected chi connectivity index (χ1v) is 13.3. The van der Waals surface area contributed by atoms with Gasteiger partial charge in [0.25, 0.3) is 15.9 Å². The summed E-state index contributed by atoms with van der Waals surface area (Å²) < 4.78 is 68.8. The second-order valence-electron chi connectivity index (χ2n) is 8.75. The number of amides is 1. The van der Waals surface area contributed by atoms with Gasteiger partial charge in [-0.3, -0.25) is 14.7 Å². The van der Waals surface area contributed by atoms with E-state index in [4.69, 9.17) is 29.0 Å². The molecule has 200 valence electrons. The molecule has 0 radical (unpaired) electrons. The van der Waals surface area contributed by atoms with E-state index in [1.807, 2.05) is 4.90 Å². The molecule has 1 saturated carbocycles. The molecule has 0 bridgehead atoms. The lowest BCUT2D eigenvalue weighted by Crippen LogP contribution is -2.63. The highest BCUT2D eigenvalue weighted by Gasteiger charge is 2.48. The minimum atomic E-state index is -3.97. The van der Waals surface area contributed by atoms with Crippen molar-refractivity contribution in [1.29, 1.82) is 0 Å². The molecule has 1 aromatic rings. The van der Waals surface area contributed by atoms with Gasteiger partial charge in [0, 0.05) is 58.2 Å². The Bertz CT molecular complexity index is 1150. The molecule has 3 rings (SSSR count). The van der Waals surface area contributed by atoms with Gasteiger partial charge in [0.05, 0.1) is 21.8 Å². The van der Waals surface area contributed by atoms with Gasteiger partial charge in [0.2, 0.25) is 11.0 Å². The van der Waals surface area contributed by atoms with Gasteiger partial charge in [-0.1, -0.05) is 23.2 Å². The molecule has 1 aliphatic carbocycles. The minimum absolute atomic E-state index is 0.00671. The van der Waals surface area contributed by atoms with Gasteiger partial charge in [0.15, 0.2) is 0 Å². The Labute approximate surface area is 217 Å². The maximum absolute atomic E-state index is 14.0. The van der Waals surface area contributed by atoms with Gasteiger partial charge in [-0.05, 0) is 25.0 Å². The Kier molecular flexibility index (Phi) is 8.92. The summed E-state index contributed by atoms with van der Waals surface area (Å²) in [7, 11) is -2.58. The van der Waals surface area contributed by atoms with Crippen molar-refractivity contribution in [2.24, 2.45) is 15.9 Å². The summed E-state index contributed by atoms with van der Waals surface area (Å²) in [5, 5.41) is 5.35. The van der Waals surface area contributed by atoms with E-state index >= 15 is 0 Å². The second-order valence-corrected chi connectivity index (χ2v) is 11.5. The van der Waals surface area contributed by atoms with E-state index < -0.39 is 33.2 Å². The third kappa shape index (κ3) is 6.13.